The lowest BCUT2D eigenvalue weighted by Gasteiger charge is -2.25. The van der Waals surface area contributed by atoms with Crippen LogP contribution < -0.4 is 5.73 Å². The van der Waals surface area contributed by atoms with Gasteiger partial charge in [0.2, 0.25) is 5.91 Å². The normalized spacial score (nSPS) is 16.3. The van der Waals surface area contributed by atoms with Gasteiger partial charge >= 0.3 is 0 Å². The molecule has 18 heavy (non-hydrogen) atoms. The van der Waals surface area contributed by atoms with Crippen molar-refractivity contribution in [2.24, 2.45) is 11.7 Å². The van der Waals surface area contributed by atoms with Gasteiger partial charge in [-0.25, -0.2) is 0 Å². The van der Waals surface area contributed by atoms with Gasteiger partial charge in [0, 0.05) is 30.9 Å². The number of hydrogen-bond acceptors (Lipinski definition) is 3. The minimum absolute atomic E-state index is 0.0206. The van der Waals surface area contributed by atoms with Crippen molar-refractivity contribution in [1.29, 1.82) is 0 Å². The highest BCUT2D eigenvalue weighted by molar-refractivity contribution is 5.79. The largest absolute Gasteiger partial charge is 0.335 e. The maximum atomic E-state index is 12.4. The van der Waals surface area contributed by atoms with Gasteiger partial charge in [0.05, 0.1) is 0 Å². The van der Waals surface area contributed by atoms with Crippen LogP contribution in [0.15, 0.2) is 24.5 Å². The summed E-state index contributed by atoms with van der Waals surface area (Å²) >= 11 is 0. The molecule has 1 unspecified atom stereocenters. The van der Waals surface area contributed by atoms with E-state index in [0.717, 1.165) is 24.8 Å². The summed E-state index contributed by atoms with van der Waals surface area (Å²) in [7, 11) is 0. The number of carbonyl (C=O) groups is 1. The summed E-state index contributed by atoms with van der Waals surface area (Å²) < 4.78 is 0. The van der Waals surface area contributed by atoms with Gasteiger partial charge in [-0.3, -0.25) is 9.78 Å². The van der Waals surface area contributed by atoms with Gasteiger partial charge in [0.1, 0.15) is 0 Å². The van der Waals surface area contributed by atoms with Crippen molar-refractivity contribution in [2.45, 2.75) is 38.8 Å². The molecular formula is C14H21N3O. The number of amides is 1. The lowest BCUT2D eigenvalue weighted by molar-refractivity contribution is -0.136. The standard InChI is InChI=1S/C14H21N3O/c1-11(6-7-15)14(18)17(13-4-5-13)10-12-3-2-8-16-9-12/h2-3,8-9,11,13H,4-7,10,15H2,1H3. The third-order valence-electron chi connectivity index (χ3n) is 3.37. The molecule has 1 aliphatic rings. The molecule has 0 saturated heterocycles. The van der Waals surface area contributed by atoms with Crippen LogP contribution in [0.3, 0.4) is 0 Å². The van der Waals surface area contributed by atoms with Crippen molar-refractivity contribution >= 4 is 5.91 Å². The lowest BCUT2D eigenvalue weighted by Crippen LogP contribution is -2.37. The average molecular weight is 247 g/mol. The predicted molar refractivity (Wildman–Crippen MR) is 70.6 cm³/mol. The van der Waals surface area contributed by atoms with Crippen molar-refractivity contribution in [3.05, 3.63) is 30.1 Å². The predicted octanol–water partition coefficient (Wildman–Crippen LogP) is 1.56. The fourth-order valence-corrected chi connectivity index (χ4v) is 2.12. The third-order valence-corrected chi connectivity index (χ3v) is 3.37. The Bertz CT molecular complexity index is 389. The molecule has 0 aromatic carbocycles. The zero-order valence-electron chi connectivity index (χ0n) is 10.9. The van der Waals surface area contributed by atoms with Crippen LogP contribution in [0, 0.1) is 5.92 Å². The SMILES string of the molecule is CC(CCN)C(=O)N(Cc1cccnc1)C1CC1. The first-order valence-corrected chi connectivity index (χ1v) is 6.62. The fourth-order valence-electron chi connectivity index (χ4n) is 2.12. The molecule has 1 aromatic rings. The summed E-state index contributed by atoms with van der Waals surface area (Å²) in [5.74, 6) is 0.249. The number of rotatable bonds is 6. The summed E-state index contributed by atoms with van der Waals surface area (Å²) in [5, 5.41) is 0. The summed E-state index contributed by atoms with van der Waals surface area (Å²) in [5.41, 5.74) is 6.63. The highest BCUT2D eigenvalue weighted by atomic mass is 16.2. The molecule has 0 aliphatic heterocycles. The topological polar surface area (TPSA) is 59.2 Å². The number of nitrogens with two attached hydrogens (primary N) is 1. The Labute approximate surface area is 108 Å². The number of hydrogen-bond donors (Lipinski definition) is 1. The Morgan fingerprint density at radius 2 is 2.39 bits per heavy atom. The lowest BCUT2D eigenvalue weighted by atomic mass is 10.1. The molecule has 4 heteroatoms. The summed E-state index contributed by atoms with van der Waals surface area (Å²) in [6.45, 7) is 3.21. The van der Waals surface area contributed by atoms with E-state index >= 15 is 0 Å². The molecule has 0 spiro atoms. The molecule has 4 nitrogen and oxygen atoms in total. The Kier molecular flexibility index (Phi) is 4.31. The van der Waals surface area contributed by atoms with Gasteiger partial charge in [0.25, 0.3) is 0 Å². The molecule has 1 saturated carbocycles. The number of carbonyl (C=O) groups excluding carboxylic acids is 1. The van der Waals surface area contributed by atoms with Crippen LogP contribution >= 0.6 is 0 Å². The zero-order valence-corrected chi connectivity index (χ0v) is 10.9. The molecule has 98 valence electrons. The minimum atomic E-state index is 0.0206. The Balaban J connectivity index is 2.02. The zero-order chi connectivity index (χ0) is 13.0. The maximum absolute atomic E-state index is 12.4. The van der Waals surface area contributed by atoms with Gasteiger partial charge in [0.15, 0.2) is 0 Å². The molecule has 1 fully saturated rings. The Morgan fingerprint density at radius 1 is 1.61 bits per heavy atom. The maximum Gasteiger partial charge on any atom is 0.226 e. The molecule has 0 radical (unpaired) electrons. The van der Waals surface area contributed by atoms with Gasteiger partial charge < -0.3 is 10.6 Å². The van der Waals surface area contributed by atoms with E-state index in [9.17, 15) is 4.79 Å². The Morgan fingerprint density at radius 3 is 2.94 bits per heavy atom. The highest BCUT2D eigenvalue weighted by Gasteiger charge is 2.34. The highest BCUT2D eigenvalue weighted by Crippen LogP contribution is 2.30. The molecule has 2 rings (SSSR count). The third kappa shape index (κ3) is 3.29. The molecule has 2 N–H and O–H groups in total. The average Bonchev–Trinajstić information content (AvgIpc) is 3.21. The van der Waals surface area contributed by atoms with Gasteiger partial charge in [-0.2, -0.15) is 0 Å². The van der Waals surface area contributed by atoms with E-state index in [0.29, 0.717) is 19.1 Å². The first kappa shape index (κ1) is 13.0. The van der Waals surface area contributed by atoms with Crippen molar-refractivity contribution < 1.29 is 4.79 Å². The van der Waals surface area contributed by atoms with Crippen LogP contribution in [-0.2, 0) is 11.3 Å². The van der Waals surface area contributed by atoms with E-state index in [1.54, 1.807) is 6.20 Å². The first-order chi connectivity index (χ1) is 8.72. The van der Waals surface area contributed by atoms with Crippen LogP contribution in [0.5, 0.6) is 0 Å². The molecule has 1 aliphatic carbocycles. The second-order valence-corrected chi connectivity index (χ2v) is 5.04. The Hall–Kier alpha value is -1.42. The number of nitrogens with zero attached hydrogens (tertiary/aromatic N) is 2. The quantitative estimate of drug-likeness (QED) is 0.830. The van der Waals surface area contributed by atoms with E-state index in [1.807, 2.05) is 30.2 Å². The van der Waals surface area contributed by atoms with Crippen LogP contribution in [0.2, 0.25) is 0 Å². The van der Waals surface area contributed by atoms with E-state index in [4.69, 9.17) is 5.73 Å². The molecule has 1 heterocycles. The van der Waals surface area contributed by atoms with Crippen LogP contribution in [0.25, 0.3) is 0 Å². The first-order valence-electron chi connectivity index (χ1n) is 6.62. The van der Waals surface area contributed by atoms with Crippen molar-refractivity contribution in [3.63, 3.8) is 0 Å². The molecule has 1 amide bonds. The summed E-state index contributed by atoms with van der Waals surface area (Å²) in [4.78, 5) is 18.5. The van der Waals surface area contributed by atoms with Crippen molar-refractivity contribution in [3.8, 4) is 0 Å². The molecule has 0 bridgehead atoms. The molecular weight excluding hydrogens is 226 g/mol. The van der Waals surface area contributed by atoms with Crippen molar-refractivity contribution in [2.75, 3.05) is 6.54 Å². The van der Waals surface area contributed by atoms with Crippen LogP contribution in [0.4, 0.5) is 0 Å². The summed E-state index contributed by atoms with van der Waals surface area (Å²) in [6, 6.07) is 4.36. The molecule has 1 atom stereocenters. The second kappa shape index (κ2) is 5.96. The van der Waals surface area contributed by atoms with E-state index in [1.165, 1.54) is 0 Å². The minimum Gasteiger partial charge on any atom is -0.335 e. The number of pyridine rings is 1. The van der Waals surface area contributed by atoms with Crippen molar-refractivity contribution in [1.82, 2.24) is 9.88 Å². The van der Waals surface area contributed by atoms with Gasteiger partial charge in [-0.05, 0) is 37.4 Å². The summed E-state index contributed by atoms with van der Waals surface area (Å²) in [6.07, 6.45) is 6.60. The van der Waals surface area contributed by atoms with E-state index in [-0.39, 0.29) is 11.8 Å². The van der Waals surface area contributed by atoms with Crippen LogP contribution in [-0.4, -0.2) is 28.4 Å². The smallest absolute Gasteiger partial charge is 0.226 e. The molecule has 1 aromatic heterocycles. The number of aromatic nitrogens is 1. The fraction of sp³-hybridized carbons (Fsp3) is 0.571. The van der Waals surface area contributed by atoms with Crippen LogP contribution in [0.1, 0.15) is 31.7 Å². The van der Waals surface area contributed by atoms with Gasteiger partial charge in [-0.15, -0.1) is 0 Å². The van der Waals surface area contributed by atoms with E-state index < -0.39 is 0 Å². The monoisotopic (exact) mass is 247 g/mol. The second-order valence-electron chi connectivity index (χ2n) is 5.04. The van der Waals surface area contributed by atoms with Gasteiger partial charge in [-0.1, -0.05) is 13.0 Å². The van der Waals surface area contributed by atoms with E-state index in [2.05, 4.69) is 4.98 Å².